The molecule has 2 amide bonds. The summed E-state index contributed by atoms with van der Waals surface area (Å²) < 4.78 is 0. The van der Waals surface area contributed by atoms with Crippen molar-refractivity contribution in [3.05, 3.63) is 0 Å². The first-order chi connectivity index (χ1) is 9.59. The minimum atomic E-state index is -0.551. The zero-order chi connectivity index (χ0) is 16.4. The number of hydroxylamine groups is 2. The fraction of sp³-hybridized carbons (Fsp3) is 0.800. The average Bonchev–Trinajstić information content (AvgIpc) is 2.66. The van der Waals surface area contributed by atoms with E-state index in [1.54, 1.807) is 6.92 Å². The molecule has 1 N–H and O–H groups in total. The lowest BCUT2D eigenvalue weighted by atomic mass is 9.92. The molecule has 1 rings (SSSR count). The van der Waals surface area contributed by atoms with Gasteiger partial charge < -0.3 is 10.2 Å². The quantitative estimate of drug-likeness (QED) is 0.752. The fourth-order valence-corrected chi connectivity index (χ4v) is 2.38. The van der Waals surface area contributed by atoms with Crippen molar-refractivity contribution in [2.45, 2.75) is 53.0 Å². The molecule has 1 saturated heterocycles. The van der Waals surface area contributed by atoms with Gasteiger partial charge in [0, 0.05) is 12.0 Å². The molecular formula is C15H26N2O4. The van der Waals surface area contributed by atoms with Crippen LogP contribution in [0.4, 0.5) is 0 Å². The van der Waals surface area contributed by atoms with Crippen molar-refractivity contribution < 1.29 is 19.2 Å². The summed E-state index contributed by atoms with van der Waals surface area (Å²) in [5, 5.41) is 3.75. The molecule has 21 heavy (non-hydrogen) atoms. The molecule has 1 heterocycles. The van der Waals surface area contributed by atoms with E-state index < -0.39 is 29.6 Å². The second kappa shape index (κ2) is 6.56. The lowest BCUT2D eigenvalue weighted by Gasteiger charge is -2.27. The third kappa shape index (κ3) is 4.27. The van der Waals surface area contributed by atoms with Crippen LogP contribution in [0.5, 0.6) is 0 Å². The van der Waals surface area contributed by atoms with Gasteiger partial charge in [0.25, 0.3) is 11.8 Å². The standard InChI is InChI=1S/C15H26N2O4/c1-9(2)11-7-12(18)17(13(11)19)21-14(20)10(3)8-15(4,5)16-6/h9-11,16H,7-8H2,1-6H3. The van der Waals surface area contributed by atoms with E-state index in [1.807, 2.05) is 34.7 Å². The number of amides is 2. The molecule has 0 aromatic carbocycles. The minimum absolute atomic E-state index is 0.0470. The van der Waals surface area contributed by atoms with Crippen LogP contribution in [0.25, 0.3) is 0 Å². The minimum Gasteiger partial charge on any atom is -0.330 e. The number of nitrogens with zero attached hydrogens (tertiary/aromatic N) is 1. The molecule has 2 unspecified atom stereocenters. The Balaban J connectivity index is 2.66. The van der Waals surface area contributed by atoms with Gasteiger partial charge in [0.15, 0.2) is 0 Å². The van der Waals surface area contributed by atoms with Crippen LogP contribution in [0.15, 0.2) is 0 Å². The molecule has 6 heteroatoms. The van der Waals surface area contributed by atoms with E-state index in [1.165, 1.54) is 0 Å². The third-order valence-electron chi connectivity index (χ3n) is 4.02. The summed E-state index contributed by atoms with van der Waals surface area (Å²) in [6.07, 6.45) is 0.659. The summed E-state index contributed by atoms with van der Waals surface area (Å²) in [6, 6.07) is 0. The van der Waals surface area contributed by atoms with Gasteiger partial charge in [-0.3, -0.25) is 9.59 Å². The molecule has 120 valence electrons. The number of hydrogen-bond donors (Lipinski definition) is 1. The Morgan fingerprint density at radius 2 is 1.95 bits per heavy atom. The number of rotatable bonds is 6. The number of hydrogen-bond acceptors (Lipinski definition) is 5. The maximum absolute atomic E-state index is 12.1. The zero-order valence-corrected chi connectivity index (χ0v) is 13.7. The maximum atomic E-state index is 12.1. The predicted molar refractivity (Wildman–Crippen MR) is 77.8 cm³/mol. The van der Waals surface area contributed by atoms with Gasteiger partial charge in [0.1, 0.15) is 0 Å². The number of imide groups is 1. The summed E-state index contributed by atoms with van der Waals surface area (Å²) in [4.78, 5) is 41.0. The van der Waals surface area contributed by atoms with Crippen LogP contribution in [0.3, 0.4) is 0 Å². The Bertz CT molecular complexity index is 431. The molecule has 1 fully saturated rings. The van der Waals surface area contributed by atoms with Gasteiger partial charge in [-0.25, -0.2) is 4.79 Å². The van der Waals surface area contributed by atoms with Crippen LogP contribution >= 0.6 is 0 Å². The van der Waals surface area contributed by atoms with Gasteiger partial charge in [-0.2, -0.15) is 0 Å². The van der Waals surface area contributed by atoms with Crippen molar-refractivity contribution in [3.63, 3.8) is 0 Å². The predicted octanol–water partition coefficient (Wildman–Crippen LogP) is 1.50. The van der Waals surface area contributed by atoms with Gasteiger partial charge in [-0.05, 0) is 33.2 Å². The molecule has 0 aliphatic carbocycles. The molecule has 1 aliphatic rings. The van der Waals surface area contributed by atoms with E-state index in [4.69, 9.17) is 4.84 Å². The summed E-state index contributed by atoms with van der Waals surface area (Å²) in [7, 11) is 1.82. The summed E-state index contributed by atoms with van der Waals surface area (Å²) in [5.41, 5.74) is -0.224. The SMILES string of the molecule is CNC(C)(C)CC(C)C(=O)ON1C(=O)CC(C(C)C)C1=O. The molecule has 2 atom stereocenters. The monoisotopic (exact) mass is 298 g/mol. The molecule has 1 aliphatic heterocycles. The lowest BCUT2D eigenvalue weighted by molar-refractivity contribution is -0.201. The van der Waals surface area contributed by atoms with Crippen molar-refractivity contribution in [3.8, 4) is 0 Å². The van der Waals surface area contributed by atoms with E-state index in [-0.39, 0.29) is 17.9 Å². The largest absolute Gasteiger partial charge is 0.336 e. The van der Waals surface area contributed by atoms with Gasteiger partial charge in [0.05, 0.1) is 11.8 Å². The van der Waals surface area contributed by atoms with Gasteiger partial charge in [-0.1, -0.05) is 20.8 Å². The topological polar surface area (TPSA) is 75.7 Å². The number of carbonyl (C=O) groups is 3. The van der Waals surface area contributed by atoms with E-state index in [0.29, 0.717) is 11.5 Å². The summed E-state index contributed by atoms with van der Waals surface area (Å²) >= 11 is 0. The Morgan fingerprint density at radius 1 is 1.38 bits per heavy atom. The molecule has 0 spiro atoms. The first-order valence-corrected chi connectivity index (χ1v) is 7.36. The zero-order valence-electron chi connectivity index (χ0n) is 13.7. The highest BCUT2D eigenvalue weighted by Crippen LogP contribution is 2.27. The van der Waals surface area contributed by atoms with E-state index in [0.717, 1.165) is 0 Å². The lowest BCUT2D eigenvalue weighted by Crippen LogP contribution is -2.41. The first kappa shape index (κ1) is 17.6. The molecule has 0 aromatic heterocycles. The molecule has 0 bridgehead atoms. The summed E-state index contributed by atoms with van der Waals surface area (Å²) in [5.74, 6) is -2.16. The average molecular weight is 298 g/mol. The molecular weight excluding hydrogens is 272 g/mol. The smallest absolute Gasteiger partial charge is 0.330 e. The number of carbonyl (C=O) groups excluding carboxylic acids is 3. The molecule has 0 saturated carbocycles. The van der Waals surface area contributed by atoms with Crippen LogP contribution < -0.4 is 5.32 Å². The second-order valence-electron chi connectivity index (χ2n) is 6.73. The van der Waals surface area contributed by atoms with E-state index >= 15 is 0 Å². The van der Waals surface area contributed by atoms with Crippen molar-refractivity contribution in [1.82, 2.24) is 10.4 Å². The van der Waals surface area contributed by atoms with Crippen LogP contribution in [-0.2, 0) is 19.2 Å². The molecule has 0 aromatic rings. The highest BCUT2D eigenvalue weighted by molar-refractivity contribution is 6.03. The van der Waals surface area contributed by atoms with Crippen LogP contribution in [0.1, 0.15) is 47.5 Å². The highest BCUT2D eigenvalue weighted by Gasteiger charge is 2.43. The maximum Gasteiger partial charge on any atom is 0.336 e. The number of nitrogens with one attached hydrogen (secondary N) is 1. The second-order valence-corrected chi connectivity index (χ2v) is 6.73. The van der Waals surface area contributed by atoms with Crippen LogP contribution in [0, 0.1) is 17.8 Å². The fourth-order valence-electron chi connectivity index (χ4n) is 2.38. The van der Waals surface area contributed by atoms with Gasteiger partial charge >= 0.3 is 5.97 Å². The van der Waals surface area contributed by atoms with Crippen molar-refractivity contribution in [1.29, 1.82) is 0 Å². The van der Waals surface area contributed by atoms with Gasteiger partial charge in [0.2, 0.25) is 0 Å². The Hall–Kier alpha value is -1.43. The first-order valence-electron chi connectivity index (χ1n) is 7.36. The Labute approximate surface area is 126 Å². The normalized spacial score (nSPS) is 21.1. The Kier molecular flexibility index (Phi) is 5.50. The van der Waals surface area contributed by atoms with E-state index in [9.17, 15) is 14.4 Å². The highest BCUT2D eigenvalue weighted by atomic mass is 16.7. The van der Waals surface area contributed by atoms with Crippen LogP contribution in [-0.4, -0.2) is 35.4 Å². The Morgan fingerprint density at radius 3 is 2.38 bits per heavy atom. The van der Waals surface area contributed by atoms with Crippen molar-refractivity contribution in [2.24, 2.45) is 17.8 Å². The van der Waals surface area contributed by atoms with Gasteiger partial charge in [-0.15, -0.1) is 5.06 Å². The molecule has 0 radical (unpaired) electrons. The third-order valence-corrected chi connectivity index (χ3v) is 4.02. The summed E-state index contributed by atoms with van der Waals surface area (Å²) in [6.45, 7) is 9.42. The molecule has 6 nitrogen and oxygen atoms in total. The van der Waals surface area contributed by atoms with E-state index in [2.05, 4.69) is 5.32 Å². The van der Waals surface area contributed by atoms with Crippen molar-refractivity contribution >= 4 is 17.8 Å². The van der Waals surface area contributed by atoms with Crippen molar-refractivity contribution in [2.75, 3.05) is 7.05 Å². The van der Waals surface area contributed by atoms with Crippen LogP contribution in [0.2, 0.25) is 0 Å².